The van der Waals surface area contributed by atoms with Gasteiger partial charge < -0.3 is 4.57 Å². The highest BCUT2D eigenvalue weighted by Gasteiger charge is 2.09. The first-order valence-corrected chi connectivity index (χ1v) is 6.80. The summed E-state index contributed by atoms with van der Waals surface area (Å²) in [4.78, 5) is 16.4. The lowest BCUT2D eigenvalue weighted by Crippen LogP contribution is -2.11. The van der Waals surface area contributed by atoms with Gasteiger partial charge in [-0.1, -0.05) is 6.07 Å². The molecule has 96 valence electrons. The Morgan fingerprint density at radius 2 is 2.21 bits per heavy atom. The molecule has 0 aliphatic rings. The molecule has 0 bridgehead atoms. The molecule has 0 saturated heterocycles. The molecule has 3 aromatic rings. The van der Waals surface area contributed by atoms with E-state index in [1.807, 2.05) is 54.4 Å². The number of fused-ring (bicyclic) bond motifs is 1. The van der Waals surface area contributed by atoms with Gasteiger partial charge >= 0.3 is 0 Å². The summed E-state index contributed by atoms with van der Waals surface area (Å²) >= 11 is 1.43. The second-order valence-corrected chi connectivity index (χ2v) is 5.31. The topological polar surface area (TPSA) is 46.9 Å². The molecule has 2 heterocycles. The summed E-state index contributed by atoms with van der Waals surface area (Å²) in [5.41, 5.74) is 2.60. The number of carbonyl (C=O) groups is 1. The highest BCUT2D eigenvalue weighted by atomic mass is 32.1. The summed E-state index contributed by atoms with van der Waals surface area (Å²) in [5, 5.41) is 6.49. The number of thiazole rings is 1. The van der Waals surface area contributed by atoms with Gasteiger partial charge in [-0.2, -0.15) is 0 Å². The third-order valence-corrected chi connectivity index (χ3v) is 3.87. The largest absolute Gasteiger partial charge is 0.351 e. The monoisotopic (exact) mass is 271 g/mol. The Morgan fingerprint density at radius 1 is 1.37 bits per heavy atom. The zero-order valence-electron chi connectivity index (χ0n) is 10.7. The van der Waals surface area contributed by atoms with E-state index in [0.29, 0.717) is 10.7 Å². The smallest absolute Gasteiger partial charge is 0.257 e. The maximum Gasteiger partial charge on any atom is 0.257 e. The summed E-state index contributed by atoms with van der Waals surface area (Å²) in [5.74, 6) is -0.127. The standard InChI is InChI=1S/C14H13N3OS/c1-9-8-19-14(15-9)16-13(18)11-4-3-10-5-6-17(2)12(10)7-11/h3-8H,1-2H3,(H,15,16,18). The Labute approximate surface area is 114 Å². The van der Waals surface area contributed by atoms with E-state index in [2.05, 4.69) is 10.3 Å². The molecule has 0 fully saturated rings. The van der Waals surface area contributed by atoms with Crippen LogP contribution in [0.3, 0.4) is 0 Å². The van der Waals surface area contributed by atoms with Gasteiger partial charge in [0.05, 0.1) is 5.69 Å². The molecular weight excluding hydrogens is 258 g/mol. The van der Waals surface area contributed by atoms with E-state index in [1.54, 1.807) is 0 Å². The van der Waals surface area contributed by atoms with Crippen molar-refractivity contribution in [3.63, 3.8) is 0 Å². The normalized spacial score (nSPS) is 10.8. The summed E-state index contributed by atoms with van der Waals surface area (Å²) in [7, 11) is 1.97. The van der Waals surface area contributed by atoms with Gasteiger partial charge in [-0.05, 0) is 30.5 Å². The van der Waals surface area contributed by atoms with Crippen LogP contribution < -0.4 is 5.32 Å². The van der Waals surface area contributed by atoms with Crippen molar-refractivity contribution >= 4 is 33.3 Å². The minimum absolute atomic E-state index is 0.127. The molecule has 1 N–H and O–H groups in total. The summed E-state index contributed by atoms with van der Waals surface area (Å²) < 4.78 is 2.00. The number of benzene rings is 1. The minimum atomic E-state index is -0.127. The zero-order valence-corrected chi connectivity index (χ0v) is 11.5. The number of aromatic nitrogens is 2. The number of carbonyl (C=O) groups excluding carboxylic acids is 1. The Morgan fingerprint density at radius 3 is 2.95 bits per heavy atom. The third-order valence-electron chi connectivity index (χ3n) is 2.99. The van der Waals surface area contributed by atoms with Crippen molar-refractivity contribution in [3.05, 3.63) is 47.1 Å². The van der Waals surface area contributed by atoms with Crippen LogP contribution in [0.5, 0.6) is 0 Å². The molecule has 1 amide bonds. The average molecular weight is 271 g/mol. The number of nitrogens with one attached hydrogen (secondary N) is 1. The quantitative estimate of drug-likeness (QED) is 0.778. The van der Waals surface area contributed by atoms with E-state index in [1.165, 1.54) is 11.3 Å². The number of hydrogen-bond donors (Lipinski definition) is 1. The van der Waals surface area contributed by atoms with Crippen LogP contribution in [0, 0.1) is 6.92 Å². The van der Waals surface area contributed by atoms with Gasteiger partial charge in [0.25, 0.3) is 5.91 Å². The van der Waals surface area contributed by atoms with Crippen LogP contribution in [0.4, 0.5) is 5.13 Å². The van der Waals surface area contributed by atoms with Crippen LogP contribution in [0.2, 0.25) is 0 Å². The molecule has 4 nitrogen and oxygen atoms in total. The SMILES string of the molecule is Cc1csc(NC(=O)c2ccc3ccn(C)c3c2)n1. The number of hydrogen-bond acceptors (Lipinski definition) is 3. The van der Waals surface area contributed by atoms with E-state index in [9.17, 15) is 4.79 Å². The van der Waals surface area contributed by atoms with Crippen molar-refractivity contribution in [1.82, 2.24) is 9.55 Å². The first kappa shape index (κ1) is 11.9. The molecular formula is C14H13N3OS. The molecule has 0 unspecified atom stereocenters. The molecule has 0 aliphatic carbocycles. The van der Waals surface area contributed by atoms with Crippen LogP contribution in [-0.2, 0) is 7.05 Å². The summed E-state index contributed by atoms with van der Waals surface area (Å²) in [6.07, 6.45) is 1.98. The molecule has 0 atom stereocenters. The van der Waals surface area contributed by atoms with Crippen molar-refractivity contribution in [2.24, 2.45) is 7.05 Å². The summed E-state index contributed by atoms with van der Waals surface area (Å²) in [6, 6.07) is 7.71. The molecule has 0 spiro atoms. The Kier molecular flexibility index (Phi) is 2.83. The maximum absolute atomic E-state index is 12.1. The van der Waals surface area contributed by atoms with Crippen LogP contribution in [0.15, 0.2) is 35.8 Å². The van der Waals surface area contributed by atoms with Crippen molar-refractivity contribution < 1.29 is 4.79 Å². The van der Waals surface area contributed by atoms with Crippen LogP contribution in [0.1, 0.15) is 16.1 Å². The molecule has 19 heavy (non-hydrogen) atoms. The molecule has 1 aromatic carbocycles. The molecule has 2 aromatic heterocycles. The van der Waals surface area contributed by atoms with Gasteiger partial charge in [-0.25, -0.2) is 4.98 Å². The molecule has 3 rings (SSSR count). The van der Waals surface area contributed by atoms with E-state index in [-0.39, 0.29) is 5.91 Å². The maximum atomic E-state index is 12.1. The number of aryl methyl sites for hydroxylation is 2. The molecule has 5 heteroatoms. The van der Waals surface area contributed by atoms with E-state index < -0.39 is 0 Å². The highest BCUT2D eigenvalue weighted by Crippen LogP contribution is 2.19. The Hall–Kier alpha value is -2.14. The fourth-order valence-corrected chi connectivity index (χ4v) is 2.67. The lowest BCUT2D eigenvalue weighted by molar-refractivity contribution is 0.102. The Bertz CT molecular complexity index is 757. The van der Waals surface area contributed by atoms with Gasteiger partial charge in [-0.15, -0.1) is 11.3 Å². The van der Waals surface area contributed by atoms with Crippen LogP contribution in [0.25, 0.3) is 10.9 Å². The van der Waals surface area contributed by atoms with E-state index >= 15 is 0 Å². The number of anilines is 1. The van der Waals surface area contributed by atoms with Crippen LogP contribution >= 0.6 is 11.3 Å². The lowest BCUT2D eigenvalue weighted by Gasteiger charge is -2.03. The van der Waals surface area contributed by atoms with Gasteiger partial charge in [0.1, 0.15) is 0 Å². The van der Waals surface area contributed by atoms with Crippen LogP contribution in [-0.4, -0.2) is 15.5 Å². The molecule has 0 aliphatic heterocycles. The van der Waals surface area contributed by atoms with E-state index in [0.717, 1.165) is 16.6 Å². The van der Waals surface area contributed by atoms with Gasteiger partial charge in [0.15, 0.2) is 5.13 Å². The third kappa shape index (κ3) is 2.24. The van der Waals surface area contributed by atoms with Gasteiger partial charge in [-0.3, -0.25) is 10.1 Å². The zero-order chi connectivity index (χ0) is 13.4. The van der Waals surface area contributed by atoms with Crippen molar-refractivity contribution in [2.45, 2.75) is 6.92 Å². The second kappa shape index (κ2) is 4.51. The fraction of sp³-hybridized carbons (Fsp3) is 0.143. The Balaban J connectivity index is 1.90. The van der Waals surface area contributed by atoms with Gasteiger partial charge in [0, 0.05) is 29.7 Å². The first-order valence-electron chi connectivity index (χ1n) is 5.92. The van der Waals surface area contributed by atoms with Gasteiger partial charge in [0.2, 0.25) is 0 Å². The van der Waals surface area contributed by atoms with Crippen molar-refractivity contribution in [3.8, 4) is 0 Å². The van der Waals surface area contributed by atoms with E-state index in [4.69, 9.17) is 0 Å². The minimum Gasteiger partial charge on any atom is -0.351 e. The lowest BCUT2D eigenvalue weighted by atomic mass is 10.1. The highest BCUT2D eigenvalue weighted by molar-refractivity contribution is 7.13. The average Bonchev–Trinajstić information content (AvgIpc) is 2.96. The molecule has 0 saturated carbocycles. The predicted molar refractivity (Wildman–Crippen MR) is 77.7 cm³/mol. The number of nitrogens with zero attached hydrogens (tertiary/aromatic N) is 2. The van der Waals surface area contributed by atoms with Crippen molar-refractivity contribution in [2.75, 3.05) is 5.32 Å². The number of rotatable bonds is 2. The first-order chi connectivity index (χ1) is 9.13. The molecule has 0 radical (unpaired) electrons. The number of amides is 1. The van der Waals surface area contributed by atoms with Crippen molar-refractivity contribution in [1.29, 1.82) is 0 Å². The fourth-order valence-electron chi connectivity index (χ4n) is 1.98. The second-order valence-electron chi connectivity index (χ2n) is 4.45. The predicted octanol–water partition coefficient (Wildman–Crippen LogP) is 3.20. The summed E-state index contributed by atoms with van der Waals surface area (Å²) in [6.45, 7) is 1.90.